The number of aryl methyl sites for hydroxylation is 2. The van der Waals surface area contributed by atoms with Gasteiger partial charge in [0, 0.05) is 17.5 Å². The lowest BCUT2D eigenvalue weighted by Crippen LogP contribution is -2.41. The van der Waals surface area contributed by atoms with Crippen molar-refractivity contribution in [1.29, 1.82) is 0 Å². The van der Waals surface area contributed by atoms with Crippen LogP contribution in [0.1, 0.15) is 55.6 Å². The van der Waals surface area contributed by atoms with E-state index in [9.17, 15) is 19.2 Å². The fraction of sp³-hybridized carbons (Fsp3) is 0.200. The summed E-state index contributed by atoms with van der Waals surface area (Å²) in [5.74, 6) is -3.55. The third kappa shape index (κ3) is 3.96. The number of nitrogens with one attached hydrogen (secondary N) is 1. The third-order valence-electron chi connectivity index (χ3n) is 8.65. The summed E-state index contributed by atoms with van der Waals surface area (Å²) in [7, 11) is 0. The van der Waals surface area contributed by atoms with E-state index in [0.717, 1.165) is 33.4 Å². The van der Waals surface area contributed by atoms with Crippen molar-refractivity contribution in [3.05, 3.63) is 130 Å². The van der Waals surface area contributed by atoms with Gasteiger partial charge in [0.1, 0.15) is 0 Å². The van der Waals surface area contributed by atoms with E-state index in [1.54, 1.807) is 18.2 Å². The molecule has 4 aliphatic rings. The van der Waals surface area contributed by atoms with Crippen LogP contribution >= 0.6 is 0 Å². The van der Waals surface area contributed by atoms with Gasteiger partial charge >= 0.3 is 5.97 Å². The highest BCUT2D eigenvalue weighted by Gasteiger charge is 2.62. The Morgan fingerprint density at radius 2 is 1.19 bits per heavy atom. The average Bonchev–Trinajstić information content (AvgIpc) is 3.25. The van der Waals surface area contributed by atoms with Crippen LogP contribution in [0.5, 0.6) is 0 Å². The number of carbonyl (C=O) groups is 4. The Hall–Kier alpha value is -5.04. The molecule has 3 aliphatic carbocycles. The van der Waals surface area contributed by atoms with Crippen LogP contribution in [0.2, 0.25) is 0 Å². The first kappa shape index (κ1) is 25.9. The first-order chi connectivity index (χ1) is 20.3. The molecule has 2 bridgehead atoms. The van der Waals surface area contributed by atoms with Gasteiger partial charge in [-0.3, -0.25) is 14.4 Å². The van der Waals surface area contributed by atoms with Crippen LogP contribution in [0, 0.1) is 25.7 Å². The Kier molecular flexibility index (Phi) is 6.04. The lowest BCUT2D eigenvalue weighted by atomic mass is 9.55. The molecular formula is C35H28N2O5. The van der Waals surface area contributed by atoms with Gasteiger partial charge in [-0.05, 0) is 71.5 Å². The van der Waals surface area contributed by atoms with Crippen molar-refractivity contribution in [2.45, 2.75) is 25.7 Å². The van der Waals surface area contributed by atoms with E-state index in [0.29, 0.717) is 5.69 Å². The number of nitrogens with zero attached hydrogens (tertiary/aromatic N) is 1. The summed E-state index contributed by atoms with van der Waals surface area (Å²) in [5, 5.41) is 2.75. The first-order valence-corrected chi connectivity index (χ1v) is 14.0. The Balaban J connectivity index is 1.17. The number of carbonyl (C=O) groups excluding carboxylic acids is 4. The number of para-hydroxylation sites is 1. The van der Waals surface area contributed by atoms with E-state index in [1.165, 1.54) is 11.0 Å². The van der Waals surface area contributed by atoms with E-state index in [2.05, 4.69) is 5.32 Å². The van der Waals surface area contributed by atoms with Crippen molar-refractivity contribution in [3.63, 3.8) is 0 Å². The minimum atomic E-state index is -0.786. The van der Waals surface area contributed by atoms with Crippen LogP contribution < -0.4 is 10.2 Å². The molecule has 42 heavy (non-hydrogen) atoms. The largest absolute Gasteiger partial charge is 0.452 e. The summed E-state index contributed by atoms with van der Waals surface area (Å²) in [4.78, 5) is 55.3. The summed E-state index contributed by atoms with van der Waals surface area (Å²) in [5.41, 5.74) is 7.14. The van der Waals surface area contributed by atoms with Gasteiger partial charge in [-0.15, -0.1) is 0 Å². The van der Waals surface area contributed by atoms with E-state index >= 15 is 0 Å². The van der Waals surface area contributed by atoms with Gasteiger partial charge in [-0.2, -0.15) is 0 Å². The van der Waals surface area contributed by atoms with Crippen LogP contribution in [0.25, 0.3) is 0 Å². The van der Waals surface area contributed by atoms with Crippen LogP contribution in [0.15, 0.2) is 91.0 Å². The van der Waals surface area contributed by atoms with E-state index in [1.807, 2.05) is 80.6 Å². The van der Waals surface area contributed by atoms with Crippen LogP contribution in [-0.2, 0) is 19.1 Å². The molecule has 1 saturated heterocycles. The fourth-order valence-corrected chi connectivity index (χ4v) is 7.21. The fourth-order valence-electron chi connectivity index (χ4n) is 7.21. The maximum atomic E-state index is 14.1. The maximum Gasteiger partial charge on any atom is 0.340 e. The number of rotatable bonds is 5. The molecule has 3 amide bonds. The molecule has 0 spiro atoms. The summed E-state index contributed by atoms with van der Waals surface area (Å²) in [6.07, 6.45) is 0. The molecule has 4 aromatic rings. The minimum absolute atomic E-state index is 0.0550. The number of benzene rings is 4. The standard InChI is InChI=1S/C35H28N2O5/c1-19-15-20(2)17-21(16-19)36-28(38)18-42-35(41)26-13-7-8-14-27(26)37-33(39)31-29-22-9-3-4-10-23(22)30(32(31)34(37)40)25-12-6-5-11-24(25)29/h3-17,29-32H,18H2,1-2H3,(H,36,38)/t29?,30?,31-,32-/m1/s1. The van der Waals surface area contributed by atoms with Gasteiger partial charge in [0.25, 0.3) is 5.91 Å². The second-order valence-corrected chi connectivity index (χ2v) is 11.3. The number of ether oxygens (including phenoxy) is 1. The topological polar surface area (TPSA) is 92.8 Å². The van der Waals surface area contributed by atoms with Crippen molar-refractivity contribution in [2.24, 2.45) is 11.8 Å². The smallest absolute Gasteiger partial charge is 0.340 e. The lowest BCUT2D eigenvalue weighted by Gasteiger charge is -2.45. The minimum Gasteiger partial charge on any atom is -0.452 e. The van der Waals surface area contributed by atoms with Crippen molar-refractivity contribution >= 4 is 35.1 Å². The quantitative estimate of drug-likeness (QED) is 0.259. The summed E-state index contributed by atoms with van der Waals surface area (Å²) >= 11 is 0. The Morgan fingerprint density at radius 1 is 0.714 bits per heavy atom. The summed E-state index contributed by atoms with van der Waals surface area (Å²) in [6, 6.07) is 28.2. The van der Waals surface area contributed by atoms with E-state index in [-0.39, 0.29) is 34.9 Å². The number of hydrogen-bond donors (Lipinski definition) is 1. The summed E-state index contributed by atoms with van der Waals surface area (Å²) in [6.45, 7) is 3.35. The molecule has 7 heteroatoms. The molecule has 0 unspecified atom stereocenters. The Labute approximate surface area is 243 Å². The van der Waals surface area contributed by atoms with E-state index < -0.39 is 30.3 Å². The molecule has 8 rings (SSSR count). The third-order valence-corrected chi connectivity index (χ3v) is 8.65. The lowest BCUT2D eigenvalue weighted by molar-refractivity contribution is -0.122. The molecule has 2 atom stereocenters. The maximum absolute atomic E-state index is 14.1. The molecule has 0 aromatic heterocycles. The van der Waals surface area contributed by atoms with Gasteiger partial charge in [0.15, 0.2) is 6.61 Å². The van der Waals surface area contributed by atoms with Gasteiger partial charge in [-0.25, -0.2) is 9.69 Å². The van der Waals surface area contributed by atoms with Crippen molar-refractivity contribution in [2.75, 3.05) is 16.8 Å². The number of esters is 1. The predicted molar refractivity (Wildman–Crippen MR) is 157 cm³/mol. The first-order valence-electron chi connectivity index (χ1n) is 14.0. The second kappa shape index (κ2) is 9.80. The predicted octanol–water partition coefficient (Wildman–Crippen LogP) is 5.50. The highest BCUT2D eigenvalue weighted by atomic mass is 16.5. The van der Waals surface area contributed by atoms with Gasteiger partial charge in [0.05, 0.1) is 23.1 Å². The zero-order valence-corrected chi connectivity index (χ0v) is 23.2. The van der Waals surface area contributed by atoms with E-state index in [4.69, 9.17) is 4.74 Å². The molecule has 1 heterocycles. The number of amides is 3. The highest BCUT2D eigenvalue weighted by Crippen LogP contribution is 2.61. The molecule has 0 radical (unpaired) electrons. The molecule has 1 N–H and O–H groups in total. The van der Waals surface area contributed by atoms with Gasteiger partial charge < -0.3 is 10.1 Å². The number of imide groups is 1. The van der Waals surface area contributed by atoms with Gasteiger partial charge in [0.2, 0.25) is 11.8 Å². The second-order valence-electron chi connectivity index (χ2n) is 11.3. The molecule has 4 aromatic carbocycles. The molecular weight excluding hydrogens is 528 g/mol. The molecule has 208 valence electrons. The van der Waals surface area contributed by atoms with Crippen LogP contribution in [-0.4, -0.2) is 30.3 Å². The number of hydrogen-bond acceptors (Lipinski definition) is 5. The Morgan fingerprint density at radius 3 is 1.71 bits per heavy atom. The van der Waals surface area contributed by atoms with Gasteiger partial charge in [-0.1, -0.05) is 66.7 Å². The SMILES string of the molecule is Cc1cc(C)cc(NC(=O)COC(=O)c2ccccc2N2C(=O)[C@@H]3C4c5ccccc5C(c5ccccc54)[C@H]3C2=O)c1. The highest BCUT2D eigenvalue weighted by molar-refractivity contribution is 6.25. The molecule has 7 nitrogen and oxygen atoms in total. The molecule has 0 saturated carbocycles. The zero-order valence-electron chi connectivity index (χ0n) is 23.2. The van der Waals surface area contributed by atoms with Crippen LogP contribution in [0.4, 0.5) is 11.4 Å². The van der Waals surface area contributed by atoms with Crippen molar-refractivity contribution in [1.82, 2.24) is 0 Å². The Bertz CT molecular complexity index is 1680. The number of anilines is 2. The monoisotopic (exact) mass is 556 g/mol. The zero-order chi connectivity index (χ0) is 29.1. The average molecular weight is 557 g/mol. The normalized spacial score (nSPS) is 21.4. The van der Waals surface area contributed by atoms with Crippen molar-refractivity contribution in [3.8, 4) is 0 Å². The van der Waals surface area contributed by atoms with Crippen LogP contribution in [0.3, 0.4) is 0 Å². The molecule has 1 aliphatic heterocycles. The van der Waals surface area contributed by atoms with Crippen molar-refractivity contribution < 1.29 is 23.9 Å². The summed E-state index contributed by atoms with van der Waals surface area (Å²) < 4.78 is 5.37. The molecule has 1 fully saturated rings.